The van der Waals surface area contributed by atoms with Gasteiger partial charge in [0, 0.05) is 6.10 Å². The van der Waals surface area contributed by atoms with Crippen LogP contribution in [0.15, 0.2) is 60.7 Å². The first-order valence-electron chi connectivity index (χ1n) is 12.5. The molecule has 168 valence electrons. The van der Waals surface area contributed by atoms with Crippen molar-refractivity contribution in [2.75, 3.05) is 13.1 Å². The maximum Gasteiger partial charge on any atom is 0.261 e. The normalized spacial score (nSPS) is 23.6. The van der Waals surface area contributed by atoms with Crippen LogP contribution in [-0.2, 0) is 4.43 Å². The van der Waals surface area contributed by atoms with Crippen LogP contribution in [-0.4, -0.2) is 27.5 Å². The van der Waals surface area contributed by atoms with Gasteiger partial charge in [0.05, 0.1) is 0 Å². The molecule has 0 aromatic heterocycles. The molecule has 0 amide bonds. The molecule has 0 unspecified atom stereocenters. The summed E-state index contributed by atoms with van der Waals surface area (Å²) in [4.78, 5) is 0. The summed E-state index contributed by atoms with van der Waals surface area (Å²) in [6.45, 7) is 9.61. The van der Waals surface area contributed by atoms with E-state index in [2.05, 4.69) is 86.8 Å². The number of benzene rings is 2. The highest BCUT2D eigenvalue weighted by atomic mass is 28.4. The summed E-state index contributed by atoms with van der Waals surface area (Å²) < 4.78 is 7.38. The maximum absolute atomic E-state index is 7.38. The van der Waals surface area contributed by atoms with Crippen molar-refractivity contribution in [3.8, 4) is 0 Å². The molecule has 1 aliphatic heterocycles. The average molecular weight is 436 g/mol. The van der Waals surface area contributed by atoms with E-state index in [0.717, 1.165) is 11.8 Å². The van der Waals surface area contributed by atoms with Crippen LogP contribution < -0.4 is 15.7 Å². The Balaban J connectivity index is 1.53. The molecule has 3 heteroatoms. The third-order valence-electron chi connectivity index (χ3n) is 7.68. The van der Waals surface area contributed by atoms with Crippen LogP contribution >= 0.6 is 0 Å². The number of nitrogens with one attached hydrogen (secondary N) is 1. The Morgan fingerprint density at radius 3 is 1.71 bits per heavy atom. The van der Waals surface area contributed by atoms with Gasteiger partial charge < -0.3 is 9.74 Å². The van der Waals surface area contributed by atoms with Gasteiger partial charge in [-0.2, -0.15) is 0 Å². The van der Waals surface area contributed by atoms with Gasteiger partial charge >= 0.3 is 0 Å². The molecule has 1 N–H and O–H groups in total. The molecule has 0 radical (unpaired) electrons. The molecule has 0 atom stereocenters. The summed E-state index contributed by atoms with van der Waals surface area (Å²) in [7, 11) is -2.41. The zero-order valence-electron chi connectivity index (χ0n) is 19.8. The Morgan fingerprint density at radius 1 is 0.742 bits per heavy atom. The Labute approximate surface area is 190 Å². The molecule has 1 saturated carbocycles. The first kappa shape index (κ1) is 22.8. The molecular formula is C28H41NOSi. The lowest BCUT2D eigenvalue weighted by atomic mass is 9.79. The number of hydrogen-bond donors (Lipinski definition) is 1. The van der Waals surface area contributed by atoms with E-state index in [1.807, 2.05) is 0 Å². The van der Waals surface area contributed by atoms with Crippen molar-refractivity contribution < 1.29 is 4.43 Å². The smallest absolute Gasteiger partial charge is 0.261 e. The van der Waals surface area contributed by atoms with Crippen molar-refractivity contribution in [1.82, 2.24) is 5.32 Å². The van der Waals surface area contributed by atoms with Gasteiger partial charge in [0.25, 0.3) is 8.32 Å². The molecule has 2 aromatic carbocycles. The number of hydrogen-bond acceptors (Lipinski definition) is 2. The molecule has 2 aromatic rings. The average Bonchev–Trinajstić information content (AvgIpc) is 2.80. The largest absolute Gasteiger partial charge is 0.404 e. The summed E-state index contributed by atoms with van der Waals surface area (Å²) in [5.74, 6) is 1.85. The van der Waals surface area contributed by atoms with Crippen molar-refractivity contribution in [2.24, 2.45) is 11.8 Å². The van der Waals surface area contributed by atoms with Crippen LogP contribution in [0, 0.1) is 11.8 Å². The topological polar surface area (TPSA) is 21.3 Å². The minimum absolute atomic E-state index is 0.0711. The van der Waals surface area contributed by atoms with Gasteiger partial charge in [0.1, 0.15) is 0 Å². The van der Waals surface area contributed by atoms with E-state index in [1.54, 1.807) is 0 Å². The fourth-order valence-corrected chi connectivity index (χ4v) is 10.8. The van der Waals surface area contributed by atoms with Gasteiger partial charge in [0.15, 0.2) is 0 Å². The molecule has 2 aliphatic rings. The second-order valence-electron chi connectivity index (χ2n) is 10.9. The highest BCUT2D eigenvalue weighted by Crippen LogP contribution is 2.40. The van der Waals surface area contributed by atoms with Gasteiger partial charge in [-0.05, 0) is 85.3 Å². The Bertz CT molecular complexity index is 747. The molecule has 1 heterocycles. The van der Waals surface area contributed by atoms with E-state index < -0.39 is 8.32 Å². The monoisotopic (exact) mass is 435 g/mol. The van der Waals surface area contributed by atoms with Crippen LogP contribution in [0.2, 0.25) is 5.04 Å². The standard InChI is InChI=1S/C28H41NOSi/c1-28(2,3)31(26-10-6-4-7-11-26,27-12-8-5-9-13-27)30-25-16-14-23(15-17-25)22-24-18-20-29-21-19-24/h4-13,23-25,29H,14-22H2,1-3H3. The quantitative estimate of drug-likeness (QED) is 0.604. The van der Waals surface area contributed by atoms with Crippen molar-refractivity contribution in [1.29, 1.82) is 0 Å². The van der Waals surface area contributed by atoms with Crippen LogP contribution in [0.5, 0.6) is 0 Å². The summed E-state index contributed by atoms with van der Waals surface area (Å²) in [6.07, 6.45) is 9.69. The minimum Gasteiger partial charge on any atom is -0.404 e. The zero-order valence-corrected chi connectivity index (χ0v) is 20.8. The SMILES string of the molecule is CC(C)(C)[Si](OC1CCC(CC2CCNCC2)CC1)(c1ccccc1)c1ccccc1. The molecule has 1 saturated heterocycles. The summed E-state index contributed by atoms with van der Waals surface area (Å²) in [5.41, 5.74) is 0. The first-order chi connectivity index (χ1) is 15.0. The van der Waals surface area contributed by atoms with Crippen LogP contribution in [0.3, 0.4) is 0 Å². The first-order valence-corrected chi connectivity index (χ1v) is 14.4. The van der Waals surface area contributed by atoms with Gasteiger partial charge in [0.2, 0.25) is 0 Å². The zero-order chi connectivity index (χ0) is 21.7. The fraction of sp³-hybridized carbons (Fsp3) is 0.571. The highest BCUT2D eigenvalue weighted by Gasteiger charge is 2.51. The summed E-state index contributed by atoms with van der Waals surface area (Å²) in [5, 5.41) is 6.40. The third-order valence-corrected chi connectivity index (χ3v) is 12.8. The van der Waals surface area contributed by atoms with E-state index in [0.29, 0.717) is 6.10 Å². The van der Waals surface area contributed by atoms with Crippen LogP contribution in [0.1, 0.15) is 65.7 Å². The fourth-order valence-electron chi connectivity index (χ4n) is 6.02. The lowest BCUT2D eigenvalue weighted by Gasteiger charge is -2.46. The van der Waals surface area contributed by atoms with Crippen LogP contribution in [0.25, 0.3) is 0 Å². The maximum atomic E-state index is 7.38. The van der Waals surface area contributed by atoms with Crippen LogP contribution in [0.4, 0.5) is 0 Å². The second kappa shape index (κ2) is 10.0. The van der Waals surface area contributed by atoms with Gasteiger partial charge in [-0.25, -0.2) is 0 Å². The van der Waals surface area contributed by atoms with Crippen molar-refractivity contribution in [2.45, 2.75) is 76.9 Å². The lowest BCUT2D eigenvalue weighted by Crippen LogP contribution is -2.67. The van der Waals surface area contributed by atoms with E-state index in [1.165, 1.54) is 68.4 Å². The van der Waals surface area contributed by atoms with E-state index in [9.17, 15) is 0 Å². The second-order valence-corrected chi connectivity index (χ2v) is 15.1. The van der Waals surface area contributed by atoms with Gasteiger partial charge in [-0.15, -0.1) is 0 Å². The third kappa shape index (κ3) is 5.15. The van der Waals surface area contributed by atoms with Crippen molar-refractivity contribution in [3.63, 3.8) is 0 Å². The molecule has 0 spiro atoms. The number of piperidine rings is 1. The Hall–Kier alpha value is -1.42. The molecule has 1 aliphatic carbocycles. The van der Waals surface area contributed by atoms with E-state index in [4.69, 9.17) is 4.43 Å². The molecular weight excluding hydrogens is 394 g/mol. The van der Waals surface area contributed by atoms with Crippen molar-refractivity contribution >= 4 is 18.7 Å². The van der Waals surface area contributed by atoms with Gasteiger partial charge in [-0.1, -0.05) is 81.4 Å². The predicted octanol–water partition coefficient (Wildman–Crippen LogP) is 5.51. The summed E-state index contributed by atoms with van der Waals surface area (Å²) in [6, 6.07) is 22.2. The highest BCUT2D eigenvalue weighted by molar-refractivity contribution is 6.99. The Morgan fingerprint density at radius 2 is 1.23 bits per heavy atom. The molecule has 31 heavy (non-hydrogen) atoms. The Kier molecular flexibility index (Phi) is 7.35. The predicted molar refractivity (Wildman–Crippen MR) is 135 cm³/mol. The molecule has 2 nitrogen and oxygen atoms in total. The lowest BCUT2D eigenvalue weighted by molar-refractivity contribution is 0.110. The molecule has 4 rings (SSSR count). The summed E-state index contributed by atoms with van der Waals surface area (Å²) >= 11 is 0. The van der Waals surface area contributed by atoms with E-state index in [-0.39, 0.29) is 5.04 Å². The van der Waals surface area contributed by atoms with E-state index >= 15 is 0 Å². The van der Waals surface area contributed by atoms with Gasteiger partial charge in [-0.3, -0.25) is 0 Å². The molecule has 0 bridgehead atoms. The van der Waals surface area contributed by atoms with Crippen molar-refractivity contribution in [3.05, 3.63) is 60.7 Å². The molecule has 2 fully saturated rings. The minimum atomic E-state index is -2.41. The number of rotatable bonds is 6.